The maximum absolute atomic E-state index is 6.01. The Morgan fingerprint density at radius 3 is 2.88 bits per heavy atom. The minimum Gasteiger partial charge on any atom is -0.397 e. The number of anilines is 2. The summed E-state index contributed by atoms with van der Waals surface area (Å²) in [6, 6.07) is 6.62. The van der Waals surface area contributed by atoms with E-state index in [2.05, 4.69) is 5.32 Å². The number of hydrogen-bond donors (Lipinski definition) is 2. The van der Waals surface area contributed by atoms with Gasteiger partial charge in [0.15, 0.2) is 0 Å². The first-order valence-electron chi connectivity index (χ1n) is 5.94. The van der Waals surface area contributed by atoms with Gasteiger partial charge in [-0.25, -0.2) is 0 Å². The smallest absolute Gasteiger partial charge is 0.0614 e. The van der Waals surface area contributed by atoms with E-state index in [1.165, 1.54) is 0 Å². The number of benzene rings is 1. The second-order valence-corrected chi connectivity index (χ2v) is 4.43. The highest BCUT2D eigenvalue weighted by Gasteiger charge is 2.29. The van der Waals surface area contributed by atoms with Crippen LogP contribution in [0.4, 0.5) is 11.4 Å². The second-order valence-electron chi connectivity index (χ2n) is 4.43. The van der Waals surface area contributed by atoms with Crippen LogP contribution in [0.15, 0.2) is 18.2 Å². The summed E-state index contributed by atoms with van der Waals surface area (Å²) >= 11 is 0. The average Bonchev–Trinajstić information content (AvgIpc) is 2.21. The largest absolute Gasteiger partial charge is 0.397 e. The highest BCUT2D eigenvalue weighted by molar-refractivity contribution is 5.69. The number of nitrogen functional groups attached to an aromatic ring is 1. The van der Waals surface area contributed by atoms with Crippen molar-refractivity contribution in [2.24, 2.45) is 0 Å². The SMILES string of the molecule is CCOC1CC(Nc2cccc(C)c2N)C1. The van der Waals surface area contributed by atoms with Gasteiger partial charge in [0.2, 0.25) is 0 Å². The molecule has 1 saturated carbocycles. The number of nitrogens with two attached hydrogens (primary N) is 1. The Balaban J connectivity index is 1.89. The van der Waals surface area contributed by atoms with Crippen molar-refractivity contribution in [1.29, 1.82) is 0 Å². The van der Waals surface area contributed by atoms with Crippen LogP contribution in [-0.4, -0.2) is 18.8 Å². The van der Waals surface area contributed by atoms with Gasteiger partial charge in [0.25, 0.3) is 0 Å². The third kappa shape index (κ3) is 2.30. The molecule has 0 amide bonds. The van der Waals surface area contributed by atoms with Gasteiger partial charge in [0.05, 0.1) is 17.5 Å². The summed E-state index contributed by atoms with van der Waals surface area (Å²) in [4.78, 5) is 0. The third-order valence-corrected chi connectivity index (χ3v) is 3.18. The van der Waals surface area contributed by atoms with Crippen molar-refractivity contribution in [1.82, 2.24) is 0 Å². The van der Waals surface area contributed by atoms with E-state index in [4.69, 9.17) is 10.5 Å². The van der Waals surface area contributed by atoms with E-state index in [0.29, 0.717) is 12.1 Å². The number of para-hydroxylation sites is 1. The van der Waals surface area contributed by atoms with E-state index in [1.54, 1.807) is 0 Å². The Morgan fingerprint density at radius 2 is 2.19 bits per heavy atom. The maximum Gasteiger partial charge on any atom is 0.0614 e. The van der Waals surface area contributed by atoms with Gasteiger partial charge < -0.3 is 15.8 Å². The van der Waals surface area contributed by atoms with E-state index in [1.807, 2.05) is 32.0 Å². The van der Waals surface area contributed by atoms with Crippen LogP contribution in [0, 0.1) is 6.92 Å². The van der Waals surface area contributed by atoms with Crippen LogP contribution in [0.5, 0.6) is 0 Å². The molecule has 1 aromatic rings. The summed E-state index contributed by atoms with van der Waals surface area (Å²) in [6.45, 7) is 4.88. The topological polar surface area (TPSA) is 47.3 Å². The molecule has 88 valence electrons. The first-order valence-corrected chi connectivity index (χ1v) is 5.94. The lowest BCUT2D eigenvalue weighted by Gasteiger charge is -2.36. The van der Waals surface area contributed by atoms with E-state index in [-0.39, 0.29) is 0 Å². The van der Waals surface area contributed by atoms with E-state index in [0.717, 1.165) is 36.4 Å². The fourth-order valence-electron chi connectivity index (χ4n) is 2.08. The van der Waals surface area contributed by atoms with Gasteiger partial charge in [-0.2, -0.15) is 0 Å². The van der Waals surface area contributed by atoms with Gasteiger partial charge in [-0.15, -0.1) is 0 Å². The number of ether oxygens (including phenoxy) is 1. The lowest BCUT2D eigenvalue weighted by molar-refractivity contribution is 0.00300. The summed E-state index contributed by atoms with van der Waals surface area (Å²) in [5.74, 6) is 0. The number of hydrogen-bond acceptors (Lipinski definition) is 3. The molecule has 0 atom stereocenters. The zero-order valence-corrected chi connectivity index (χ0v) is 9.99. The summed E-state index contributed by atoms with van der Waals surface area (Å²) in [6.07, 6.45) is 2.61. The highest BCUT2D eigenvalue weighted by Crippen LogP contribution is 2.30. The van der Waals surface area contributed by atoms with Gasteiger partial charge in [-0.1, -0.05) is 12.1 Å². The molecule has 0 radical (unpaired) electrons. The van der Waals surface area contributed by atoms with E-state index in [9.17, 15) is 0 Å². The Labute approximate surface area is 97.0 Å². The molecule has 3 N–H and O–H groups in total. The van der Waals surface area contributed by atoms with Gasteiger partial charge >= 0.3 is 0 Å². The van der Waals surface area contributed by atoms with Crippen LogP contribution in [0.1, 0.15) is 25.3 Å². The van der Waals surface area contributed by atoms with E-state index >= 15 is 0 Å². The molecule has 2 rings (SSSR count). The zero-order chi connectivity index (χ0) is 11.5. The van der Waals surface area contributed by atoms with Gasteiger partial charge in [-0.05, 0) is 38.3 Å². The van der Waals surface area contributed by atoms with Crippen molar-refractivity contribution in [3.05, 3.63) is 23.8 Å². The average molecular weight is 220 g/mol. The molecule has 0 bridgehead atoms. The molecule has 3 heteroatoms. The molecule has 1 aliphatic carbocycles. The van der Waals surface area contributed by atoms with Crippen LogP contribution in [0.25, 0.3) is 0 Å². The Bertz CT molecular complexity index is 359. The fraction of sp³-hybridized carbons (Fsp3) is 0.538. The molecule has 3 nitrogen and oxygen atoms in total. The quantitative estimate of drug-likeness (QED) is 0.767. The van der Waals surface area contributed by atoms with Crippen molar-refractivity contribution in [3.8, 4) is 0 Å². The third-order valence-electron chi connectivity index (χ3n) is 3.18. The van der Waals surface area contributed by atoms with Crippen LogP contribution < -0.4 is 11.1 Å². The standard InChI is InChI=1S/C13H20N2O/c1-3-16-11-7-10(8-11)15-12-6-4-5-9(2)13(12)14/h4-6,10-11,15H,3,7-8,14H2,1-2H3. The minimum atomic E-state index is 0.438. The molecule has 0 heterocycles. The fourth-order valence-corrected chi connectivity index (χ4v) is 2.08. The lowest BCUT2D eigenvalue weighted by atomic mass is 9.89. The molecule has 0 aromatic heterocycles. The highest BCUT2D eigenvalue weighted by atomic mass is 16.5. The predicted octanol–water partition coefficient (Wildman–Crippen LogP) is 2.56. The molecular formula is C13H20N2O. The first-order chi connectivity index (χ1) is 7.70. The van der Waals surface area contributed by atoms with E-state index < -0.39 is 0 Å². The Morgan fingerprint density at radius 1 is 1.44 bits per heavy atom. The van der Waals surface area contributed by atoms with Crippen molar-refractivity contribution in [3.63, 3.8) is 0 Å². The van der Waals surface area contributed by atoms with Gasteiger partial charge in [0, 0.05) is 12.6 Å². The van der Waals surface area contributed by atoms with Crippen LogP contribution in [-0.2, 0) is 4.74 Å². The van der Waals surface area contributed by atoms with Crippen LogP contribution in [0.2, 0.25) is 0 Å². The molecule has 1 aliphatic rings. The lowest BCUT2D eigenvalue weighted by Crippen LogP contribution is -2.40. The Hall–Kier alpha value is -1.22. The molecule has 1 fully saturated rings. The molecule has 0 spiro atoms. The monoisotopic (exact) mass is 220 g/mol. The maximum atomic E-state index is 6.01. The normalized spacial score (nSPS) is 23.9. The van der Waals surface area contributed by atoms with Crippen LogP contribution >= 0.6 is 0 Å². The second kappa shape index (κ2) is 4.74. The summed E-state index contributed by atoms with van der Waals surface area (Å²) in [5, 5.41) is 3.47. The molecular weight excluding hydrogens is 200 g/mol. The zero-order valence-electron chi connectivity index (χ0n) is 9.99. The minimum absolute atomic E-state index is 0.438. The number of rotatable bonds is 4. The first kappa shape index (κ1) is 11.3. The van der Waals surface area contributed by atoms with Crippen molar-refractivity contribution < 1.29 is 4.74 Å². The molecule has 1 aromatic carbocycles. The number of nitrogens with one attached hydrogen (secondary N) is 1. The van der Waals surface area contributed by atoms with Crippen molar-refractivity contribution in [2.45, 2.75) is 38.8 Å². The number of aryl methyl sites for hydroxylation is 1. The molecule has 0 aliphatic heterocycles. The molecule has 0 unspecified atom stereocenters. The van der Waals surface area contributed by atoms with Gasteiger partial charge in [0.1, 0.15) is 0 Å². The van der Waals surface area contributed by atoms with Crippen molar-refractivity contribution in [2.75, 3.05) is 17.7 Å². The summed E-state index contributed by atoms with van der Waals surface area (Å²) < 4.78 is 5.53. The molecule has 16 heavy (non-hydrogen) atoms. The summed E-state index contributed by atoms with van der Waals surface area (Å²) in [5.41, 5.74) is 9.06. The Kier molecular flexibility index (Phi) is 3.34. The predicted molar refractivity (Wildman–Crippen MR) is 67.7 cm³/mol. The van der Waals surface area contributed by atoms with Crippen molar-refractivity contribution >= 4 is 11.4 Å². The molecule has 0 saturated heterocycles. The van der Waals surface area contributed by atoms with Gasteiger partial charge in [-0.3, -0.25) is 0 Å². The summed E-state index contributed by atoms with van der Waals surface area (Å²) in [7, 11) is 0. The van der Waals surface area contributed by atoms with Crippen LogP contribution in [0.3, 0.4) is 0 Å².